The molecule has 28 heavy (non-hydrogen) atoms. The molecule has 0 aromatic rings. The number of ether oxygens (including phenoxy) is 1. The highest BCUT2D eigenvalue weighted by Gasteiger charge is 2.70. The normalized spacial score (nSPS) is 51.2. The number of esters is 1. The molecule has 0 bridgehead atoms. The van der Waals surface area contributed by atoms with E-state index in [2.05, 4.69) is 13.8 Å². The van der Waals surface area contributed by atoms with Crippen molar-refractivity contribution >= 4 is 17.5 Å². The minimum absolute atomic E-state index is 0.0132. The number of allylic oxidation sites excluding steroid dienone is 1. The molecule has 0 heterocycles. The Bertz CT molecular complexity index is 811. The Kier molecular flexibility index (Phi) is 3.70. The number of fused-ring (bicyclic) bond motifs is 7. The van der Waals surface area contributed by atoms with Gasteiger partial charge in [-0.25, -0.2) is 0 Å². The zero-order valence-corrected chi connectivity index (χ0v) is 17.5. The molecule has 4 heteroatoms. The topological polar surface area (TPSA) is 60.4 Å². The number of hydrogen-bond acceptors (Lipinski definition) is 4. The summed E-state index contributed by atoms with van der Waals surface area (Å²) in [6.07, 6.45) is 8.80. The fourth-order valence-corrected chi connectivity index (χ4v) is 8.52. The maximum Gasteiger partial charge on any atom is 0.303 e. The number of hydrogen-bond donors (Lipinski definition) is 0. The molecule has 0 saturated heterocycles. The van der Waals surface area contributed by atoms with Gasteiger partial charge in [-0.1, -0.05) is 19.4 Å². The summed E-state index contributed by atoms with van der Waals surface area (Å²) in [5.41, 5.74) is 0.343. The van der Waals surface area contributed by atoms with Crippen LogP contribution in [0.2, 0.25) is 0 Å². The van der Waals surface area contributed by atoms with E-state index in [0.29, 0.717) is 35.9 Å². The summed E-state index contributed by atoms with van der Waals surface area (Å²) in [5.74, 6) is 2.41. The first-order valence-electron chi connectivity index (χ1n) is 11.1. The Hall–Kier alpha value is -1.45. The molecule has 5 aliphatic carbocycles. The maximum absolute atomic E-state index is 12.8. The van der Waals surface area contributed by atoms with Crippen LogP contribution in [0.3, 0.4) is 0 Å². The van der Waals surface area contributed by atoms with Crippen LogP contribution in [0.5, 0.6) is 0 Å². The van der Waals surface area contributed by atoms with E-state index in [4.69, 9.17) is 4.74 Å². The van der Waals surface area contributed by atoms with Gasteiger partial charge in [0.1, 0.15) is 0 Å². The second-order valence-electron chi connectivity index (χ2n) is 10.7. The molecule has 4 saturated carbocycles. The molecule has 4 fully saturated rings. The average molecular weight is 385 g/mol. The van der Waals surface area contributed by atoms with E-state index in [0.717, 1.165) is 38.5 Å². The lowest BCUT2D eigenvalue weighted by Gasteiger charge is -2.59. The molecule has 0 amide bonds. The number of ketones is 2. The molecule has 0 N–H and O–H groups in total. The van der Waals surface area contributed by atoms with E-state index < -0.39 is 5.60 Å². The fraction of sp³-hybridized carbons (Fsp3) is 0.792. The minimum Gasteiger partial charge on any atom is -0.451 e. The Morgan fingerprint density at radius 3 is 2.43 bits per heavy atom. The van der Waals surface area contributed by atoms with E-state index >= 15 is 0 Å². The van der Waals surface area contributed by atoms with Gasteiger partial charge in [0.05, 0.1) is 0 Å². The quantitative estimate of drug-likeness (QED) is 0.667. The van der Waals surface area contributed by atoms with Crippen LogP contribution in [0.4, 0.5) is 0 Å². The summed E-state index contributed by atoms with van der Waals surface area (Å²) in [6, 6.07) is 0. The van der Waals surface area contributed by atoms with Crippen LogP contribution in [-0.2, 0) is 19.1 Å². The average Bonchev–Trinajstić information content (AvgIpc) is 3.37. The van der Waals surface area contributed by atoms with Crippen LogP contribution in [0, 0.1) is 40.4 Å². The van der Waals surface area contributed by atoms with E-state index in [1.807, 2.05) is 6.08 Å². The van der Waals surface area contributed by atoms with Crippen molar-refractivity contribution in [3.05, 3.63) is 11.6 Å². The van der Waals surface area contributed by atoms with Crippen molar-refractivity contribution in [2.45, 2.75) is 78.2 Å². The molecule has 0 radical (unpaired) electrons. The minimum atomic E-state index is -0.948. The highest BCUT2D eigenvalue weighted by atomic mass is 16.6. The van der Waals surface area contributed by atoms with Crippen LogP contribution < -0.4 is 0 Å². The van der Waals surface area contributed by atoms with Gasteiger partial charge >= 0.3 is 5.97 Å². The summed E-state index contributed by atoms with van der Waals surface area (Å²) in [4.78, 5) is 37.0. The first-order valence-corrected chi connectivity index (χ1v) is 11.1. The van der Waals surface area contributed by atoms with Crippen molar-refractivity contribution in [3.63, 3.8) is 0 Å². The lowest BCUT2D eigenvalue weighted by molar-refractivity contribution is -0.187. The van der Waals surface area contributed by atoms with Gasteiger partial charge in [0.25, 0.3) is 0 Å². The molecule has 0 aliphatic heterocycles. The van der Waals surface area contributed by atoms with E-state index in [-0.39, 0.29) is 28.5 Å². The number of carbonyl (C=O) groups excluding carboxylic acids is 3. The third-order valence-corrected chi connectivity index (χ3v) is 9.90. The van der Waals surface area contributed by atoms with Gasteiger partial charge in [-0.05, 0) is 87.0 Å². The van der Waals surface area contributed by atoms with E-state index in [1.165, 1.54) is 12.5 Å². The lowest BCUT2D eigenvalue weighted by atomic mass is 9.46. The van der Waals surface area contributed by atoms with Crippen molar-refractivity contribution in [3.8, 4) is 0 Å². The monoisotopic (exact) mass is 384 g/mol. The third-order valence-electron chi connectivity index (χ3n) is 9.90. The van der Waals surface area contributed by atoms with Gasteiger partial charge in [-0.3, -0.25) is 14.4 Å². The molecule has 0 spiro atoms. The summed E-state index contributed by atoms with van der Waals surface area (Å²) in [7, 11) is 0. The van der Waals surface area contributed by atoms with Crippen LogP contribution >= 0.6 is 0 Å². The summed E-state index contributed by atoms with van der Waals surface area (Å²) < 4.78 is 5.84. The second kappa shape index (κ2) is 5.58. The Morgan fingerprint density at radius 1 is 1.04 bits per heavy atom. The molecule has 8 atom stereocenters. The largest absolute Gasteiger partial charge is 0.451 e. The highest BCUT2D eigenvalue weighted by Crippen LogP contribution is 2.72. The molecular formula is C24H32O4. The van der Waals surface area contributed by atoms with Gasteiger partial charge in [-0.15, -0.1) is 0 Å². The van der Waals surface area contributed by atoms with Gasteiger partial charge in [0, 0.05) is 18.3 Å². The third kappa shape index (κ3) is 2.05. The molecule has 5 aliphatic rings. The zero-order chi connectivity index (χ0) is 20.1. The van der Waals surface area contributed by atoms with Gasteiger partial charge < -0.3 is 4.74 Å². The Balaban J connectivity index is 1.52. The van der Waals surface area contributed by atoms with Gasteiger partial charge in [0.2, 0.25) is 0 Å². The second-order valence-corrected chi connectivity index (χ2v) is 10.7. The van der Waals surface area contributed by atoms with Crippen LogP contribution in [-0.4, -0.2) is 23.1 Å². The number of rotatable bonds is 2. The van der Waals surface area contributed by atoms with E-state index in [1.54, 1.807) is 6.92 Å². The van der Waals surface area contributed by atoms with Crippen molar-refractivity contribution in [2.75, 3.05) is 0 Å². The smallest absolute Gasteiger partial charge is 0.303 e. The molecule has 0 aromatic heterocycles. The molecule has 2 unspecified atom stereocenters. The predicted octanol–water partition coefficient (Wildman–Crippen LogP) is 4.27. The molecule has 4 nitrogen and oxygen atoms in total. The standard InChI is InChI=1S/C24H32O4/c1-13(25)24(28-14(2)26)10-8-18-16-6-5-15-11-21(27)17-12-20(17)23(15,4)19(16)7-9-22(18,24)3/h11,16-20H,5-10,12H2,1-4H3/t16-,17?,18-,19+,20?,22-,23+,24+/m0/s1. The molecule has 0 aromatic carbocycles. The highest BCUT2D eigenvalue weighted by molar-refractivity contribution is 5.96. The van der Waals surface area contributed by atoms with Crippen molar-refractivity contribution in [1.82, 2.24) is 0 Å². The number of carbonyl (C=O) groups is 3. The zero-order valence-electron chi connectivity index (χ0n) is 17.5. The van der Waals surface area contributed by atoms with Crippen molar-refractivity contribution < 1.29 is 19.1 Å². The Morgan fingerprint density at radius 2 is 1.75 bits per heavy atom. The first kappa shape index (κ1) is 18.6. The molecule has 152 valence electrons. The summed E-state index contributed by atoms with van der Waals surface area (Å²) >= 11 is 0. The van der Waals surface area contributed by atoms with Gasteiger partial charge in [-0.2, -0.15) is 0 Å². The van der Waals surface area contributed by atoms with E-state index in [9.17, 15) is 14.4 Å². The SMILES string of the molecule is CC(=O)O[C@@]1(C(C)=O)CC[C@H]2[C@@H]3CCC4=CC(=O)C5CC5[C@@]4(C)[C@@H]3CC[C@@]21C. The Labute approximate surface area is 167 Å². The molecular weight excluding hydrogens is 352 g/mol. The summed E-state index contributed by atoms with van der Waals surface area (Å²) in [6.45, 7) is 7.67. The number of Topliss-reactive ketones (excluding diaryl/α,β-unsaturated/α-hetero) is 1. The van der Waals surface area contributed by atoms with Gasteiger partial charge in [0.15, 0.2) is 17.2 Å². The van der Waals surface area contributed by atoms with Crippen LogP contribution in [0.25, 0.3) is 0 Å². The van der Waals surface area contributed by atoms with Crippen molar-refractivity contribution in [1.29, 1.82) is 0 Å². The lowest BCUT2D eigenvalue weighted by Crippen LogP contribution is -2.58. The van der Waals surface area contributed by atoms with Crippen LogP contribution in [0.15, 0.2) is 11.6 Å². The molecule has 5 rings (SSSR count). The first-order chi connectivity index (χ1) is 13.1. The predicted molar refractivity (Wildman–Crippen MR) is 104 cm³/mol. The van der Waals surface area contributed by atoms with Crippen LogP contribution in [0.1, 0.15) is 72.6 Å². The summed E-state index contributed by atoms with van der Waals surface area (Å²) in [5, 5.41) is 0. The van der Waals surface area contributed by atoms with Crippen molar-refractivity contribution in [2.24, 2.45) is 40.4 Å². The fourth-order valence-electron chi connectivity index (χ4n) is 8.52. The maximum atomic E-state index is 12.8.